The van der Waals surface area contributed by atoms with Crippen LogP contribution in [0.1, 0.15) is 84.1 Å². The molecule has 0 N–H and O–H groups in total. The Hall–Kier alpha value is -0.291. The van der Waals surface area contributed by atoms with Crippen LogP contribution >= 0.6 is 15.9 Å². The van der Waals surface area contributed by atoms with Gasteiger partial charge in [-0.05, 0) is 23.8 Å². The van der Waals surface area contributed by atoms with Gasteiger partial charge in [0.2, 0.25) is 6.86 Å². The summed E-state index contributed by atoms with van der Waals surface area (Å²) in [5.41, 5.74) is 2.71. The molecule has 0 aromatic heterocycles. The Morgan fingerprint density at radius 2 is 1.59 bits per heavy atom. The third-order valence-corrected chi connectivity index (χ3v) is 6.40. The molecule has 0 amide bonds. The fourth-order valence-corrected chi connectivity index (χ4v) is 4.29. The number of alkyl halides is 1. The molecule has 3 radical (unpaired) electrons. The van der Waals surface area contributed by atoms with Crippen LogP contribution in [0.15, 0.2) is 38.4 Å². The normalized spacial score (nSPS) is 10.0. The van der Waals surface area contributed by atoms with E-state index < -0.39 is 6.86 Å². The fourth-order valence-electron chi connectivity index (χ4n) is 2.59. The molecule has 0 bridgehead atoms. The van der Waals surface area contributed by atoms with Gasteiger partial charge in [-0.25, -0.2) is 4.39 Å². The molecule has 0 heterocycles. The second-order valence-corrected chi connectivity index (χ2v) is 9.21. The number of ether oxygens (including phenoxy) is 1. The zero-order valence-electron chi connectivity index (χ0n) is 17.3. The van der Waals surface area contributed by atoms with Crippen LogP contribution in [0.3, 0.4) is 0 Å². The summed E-state index contributed by atoms with van der Waals surface area (Å²) >= 11 is 4.95. The van der Waals surface area contributed by atoms with Crippen molar-refractivity contribution in [2.24, 2.45) is 0 Å². The second-order valence-electron chi connectivity index (χ2n) is 6.57. The molecule has 0 aliphatic heterocycles. The molecule has 0 unspecified atom stereocenters. The van der Waals surface area contributed by atoms with E-state index in [0.29, 0.717) is 5.75 Å². The monoisotopic (exact) mass is 545 g/mol. The Morgan fingerprint density at radius 1 is 1.04 bits per heavy atom. The van der Waals surface area contributed by atoms with E-state index in [1.54, 1.807) is 44.3 Å². The van der Waals surface area contributed by atoms with Crippen LogP contribution in [0.25, 0.3) is 6.08 Å². The summed E-state index contributed by atoms with van der Waals surface area (Å²) in [5, 5.41) is 0. The van der Waals surface area contributed by atoms with Crippen molar-refractivity contribution >= 4 is 44.5 Å². The van der Waals surface area contributed by atoms with Gasteiger partial charge >= 0.3 is 110 Å². The fraction of sp³-hybridized carbons (Fsp3) is 0.565. The molecule has 0 fully saturated rings. The molecule has 0 saturated heterocycles. The first-order valence-electron chi connectivity index (χ1n) is 10.1. The second kappa shape index (κ2) is 17.8. The molecule has 27 heavy (non-hydrogen) atoms. The summed E-state index contributed by atoms with van der Waals surface area (Å²) in [4.78, 5) is 0. The van der Waals surface area contributed by atoms with Gasteiger partial charge in [-0.3, -0.25) is 0 Å². The number of unbranched alkanes of at least 4 members (excludes halogenated alkanes) is 3. The first-order valence-corrected chi connectivity index (χ1v) is 12.3. The van der Waals surface area contributed by atoms with Crippen molar-refractivity contribution in [3.63, 3.8) is 0 Å². The van der Waals surface area contributed by atoms with Crippen LogP contribution in [-0.4, -0.2) is 29.4 Å². The number of benzene rings is 1. The van der Waals surface area contributed by atoms with Crippen molar-refractivity contribution in [2.75, 3.05) is 6.86 Å². The molecular weight excluding hydrogens is 510 g/mol. The van der Waals surface area contributed by atoms with Crippen LogP contribution in [-0.2, 0) is 0 Å². The zero-order chi connectivity index (χ0) is 20.5. The Balaban J connectivity index is 0.000000511. The number of allylic oxidation sites excluding steroid dienone is 2. The van der Waals surface area contributed by atoms with Gasteiger partial charge in [-0.15, -0.1) is 0 Å². The van der Waals surface area contributed by atoms with E-state index in [4.69, 9.17) is 0 Å². The van der Waals surface area contributed by atoms with Crippen molar-refractivity contribution in [3.05, 3.63) is 44.0 Å². The molecular formula is C23H35BrFOSn. The molecule has 151 valence electrons. The van der Waals surface area contributed by atoms with Crippen molar-refractivity contribution in [2.45, 2.75) is 78.6 Å². The topological polar surface area (TPSA) is 9.23 Å². The van der Waals surface area contributed by atoms with Crippen LogP contribution in [0.5, 0.6) is 5.75 Å². The molecule has 1 aromatic rings. The number of rotatable bonds is 12. The number of hydrogen-bond donors (Lipinski definition) is 0. The summed E-state index contributed by atoms with van der Waals surface area (Å²) in [6.45, 7) is 9.68. The van der Waals surface area contributed by atoms with Crippen LogP contribution in [0, 0.1) is 0 Å². The minimum atomic E-state index is -0.812. The molecule has 0 aliphatic rings. The Morgan fingerprint density at radius 3 is 2.07 bits per heavy atom. The van der Waals surface area contributed by atoms with E-state index in [1.165, 1.54) is 57.8 Å². The van der Waals surface area contributed by atoms with Crippen molar-refractivity contribution in [1.82, 2.24) is 0 Å². The van der Waals surface area contributed by atoms with Gasteiger partial charge < -0.3 is 4.74 Å². The van der Waals surface area contributed by atoms with Crippen molar-refractivity contribution in [1.29, 1.82) is 0 Å². The summed E-state index contributed by atoms with van der Waals surface area (Å²) in [6.07, 6.45) is 14.0. The quantitative estimate of drug-likeness (QED) is 0.240. The molecule has 1 aromatic carbocycles. The molecule has 0 saturated carbocycles. The predicted octanol–water partition coefficient (Wildman–Crippen LogP) is 8.38. The van der Waals surface area contributed by atoms with Gasteiger partial charge in [0.1, 0.15) is 5.75 Å². The predicted molar refractivity (Wildman–Crippen MR) is 122 cm³/mol. The minimum absolute atomic E-state index is 0.502. The van der Waals surface area contributed by atoms with Gasteiger partial charge in [0.15, 0.2) is 0 Å². The Bertz CT molecular complexity index is 547. The standard InChI is InChI=1S/C14H27.C9H8BrFO.Sn/c1-4-7-10-13-14(11-8-5-2)12-9-6-3;1-2-7-3-8(10)5-9(4-7)12-6-11;/h4-12H2,1-3H3;2-5H,1,6H2;. The van der Waals surface area contributed by atoms with E-state index in [9.17, 15) is 4.39 Å². The van der Waals surface area contributed by atoms with Crippen molar-refractivity contribution in [3.8, 4) is 5.75 Å². The van der Waals surface area contributed by atoms with E-state index in [2.05, 4.69) is 48.0 Å². The summed E-state index contributed by atoms with van der Waals surface area (Å²) in [6, 6.07) is 5.29. The molecule has 1 rings (SSSR count). The van der Waals surface area contributed by atoms with Gasteiger partial charge in [0.05, 0.1) is 0 Å². The molecule has 0 aliphatic carbocycles. The van der Waals surface area contributed by atoms with E-state index in [-0.39, 0.29) is 0 Å². The average molecular weight is 545 g/mol. The summed E-state index contributed by atoms with van der Waals surface area (Å²) < 4.78 is 19.1. The van der Waals surface area contributed by atoms with E-state index in [1.807, 2.05) is 11.6 Å². The Labute approximate surface area is 188 Å². The number of halogens is 2. The zero-order valence-corrected chi connectivity index (χ0v) is 21.7. The maximum atomic E-state index is 11.8. The van der Waals surface area contributed by atoms with Crippen LogP contribution in [0.4, 0.5) is 4.39 Å². The third kappa shape index (κ3) is 13.5. The first kappa shape index (κ1) is 26.7. The van der Waals surface area contributed by atoms with E-state index in [0.717, 1.165) is 10.0 Å². The summed E-state index contributed by atoms with van der Waals surface area (Å²) in [7, 11) is 0. The number of hydrogen-bond acceptors (Lipinski definition) is 1. The van der Waals surface area contributed by atoms with Gasteiger partial charge in [-0.2, -0.15) is 0 Å². The van der Waals surface area contributed by atoms with Crippen LogP contribution < -0.4 is 4.74 Å². The first-order chi connectivity index (χ1) is 13.0. The van der Waals surface area contributed by atoms with Gasteiger partial charge in [0, 0.05) is 4.47 Å². The molecule has 1 nitrogen and oxygen atoms in total. The Kier molecular flexibility index (Phi) is 17.6. The van der Waals surface area contributed by atoms with Crippen LogP contribution in [0.2, 0.25) is 0 Å². The van der Waals surface area contributed by atoms with Gasteiger partial charge in [-0.1, -0.05) is 28.6 Å². The molecule has 0 spiro atoms. The third-order valence-electron chi connectivity index (χ3n) is 4.22. The average Bonchev–Trinajstić information content (AvgIpc) is 2.66. The van der Waals surface area contributed by atoms with Crippen molar-refractivity contribution < 1.29 is 9.13 Å². The molecule has 0 atom stereocenters. The summed E-state index contributed by atoms with van der Waals surface area (Å²) in [5.74, 6) is 0.502. The SMILES string of the molecule is C=Cc1cc(Br)cc(OCF)c1.CCCC[C]([Sn])=C(CCCC)CCCC. The van der Waals surface area contributed by atoms with E-state index >= 15 is 0 Å². The molecule has 4 heteroatoms. The maximum absolute atomic E-state index is 11.8. The van der Waals surface area contributed by atoms with Gasteiger partial charge in [0.25, 0.3) is 0 Å².